The molecule has 23 heteroatoms. The van der Waals surface area contributed by atoms with E-state index < -0.39 is 23.4 Å². The lowest BCUT2D eigenvalue weighted by atomic mass is 9.88. The number of β-lactam (4-membered cyclic amide) rings is 3. The molecule has 5 heterocycles. The first-order chi connectivity index (χ1) is 34.0. The Morgan fingerprint density at radius 2 is 1.07 bits per heavy atom. The molecule has 0 saturated carbocycles. The van der Waals surface area contributed by atoms with Gasteiger partial charge < -0.3 is 59.3 Å². The van der Waals surface area contributed by atoms with Gasteiger partial charge in [-0.25, -0.2) is 9.59 Å². The number of aliphatic hydroxyl groups excluding tert-OH is 1. The molecule has 0 spiro atoms. The topological polar surface area (TPSA) is 265 Å². The number of hydrogen-bond donors (Lipinski definition) is 4. The molecule has 0 radical (unpaired) electrons. The van der Waals surface area contributed by atoms with E-state index in [1.165, 1.54) is 4.80 Å². The molecule has 7 rings (SSSR count). The highest BCUT2D eigenvalue weighted by Crippen LogP contribution is 2.34. The standard InChI is InChI=1S/C22H31N5O5.C14H19NO4.C13H21N5O3/c1-14-18(13-27-24-11-16(25-27)10-23-21(29)32-22(2,3)4)26(20(14)28)12-15-7-8-17(30-5)9-19(15)31-6;1-9-12(8-16)15(14(9)17)7-10-4-5-11(18-2)6-13(10)19-3;1-8-10(16-11(8)19)7-18-15-6-9(17-18)5-14-12(20)21-13(2,3)4/h7-9,11,14,18H,10,12-13H2,1-6H3,(H,23,29);4-6,9,12,16H,7-8H2,1-3H3;6,8,10H,5,7H2,1-4H3,(H,14,20)(H,16,19)/t14-,18+;9-,12+;8-,10+/m000/s1. The van der Waals surface area contributed by atoms with Crippen molar-refractivity contribution < 1.29 is 57.5 Å². The zero-order chi connectivity index (χ0) is 53.1. The van der Waals surface area contributed by atoms with Crippen LogP contribution in [-0.2, 0) is 63.1 Å². The van der Waals surface area contributed by atoms with E-state index in [1.807, 2.05) is 45.0 Å². The first kappa shape index (κ1) is 55.8. The number of methoxy groups -OCH3 is 4. The number of ether oxygens (including phenoxy) is 6. The van der Waals surface area contributed by atoms with Crippen LogP contribution in [0.4, 0.5) is 9.59 Å². The second kappa shape index (κ2) is 24.3. The summed E-state index contributed by atoms with van der Waals surface area (Å²) < 4.78 is 31.5. The van der Waals surface area contributed by atoms with Gasteiger partial charge in [0.1, 0.15) is 45.6 Å². The molecule has 3 aliphatic heterocycles. The summed E-state index contributed by atoms with van der Waals surface area (Å²) in [5.74, 6) is 2.71. The van der Waals surface area contributed by atoms with Gasteiger partial charge in [-0.1, -0.05) is 20.8 Å². The number of rotatable bonds is 17. The molecule has 3 fully saturated rings. The maximum atomic E-state index is 12.5. The summed E-state index contributed by atoms with van der Waals surface area (Å²) >= 11 is 0. The van der Waals surface area contributed by atoms with Gasteiger partial charge in [-0.15, -0.1) is 0 Å². The summed E-state index contributed by atoms with van der Waals surface area (Å²) in [4.78, 5) is 65.3. The van der Waals surface area contributed by atoms with E-state index in [0.29, 0.717) is 60.6 Å². The molecule has 72 heavy (non-hydrogen) atoms. The fourth-order valence-corrected chi connectivity index (χ4v) is 7.82. The number of nitrogens with zero attached hydrogens (tertiary/aromatic N) is 8. The van der Waals surface area contributed by atoms with Gasteiger partial charge >= 0.3 is 12.2 Å². The third-order valence-electron chi connectivity index (χ3n) is 12.0. The van der Waals surface area contributed by atoms with Gasteiger partial charge in [0.25, 0.3) is 0 Å². The van der Waals surface area contributed by atoms with Crippen molar-refractivity contribution in [2.24, 2.45) is 17.8 Å². The Hall–Kier alpha value is -7.17. The molecule has 2 aromatic heterocycles. The predicted octanol–water partition coefficient (Wildman–Crippen LogP) is 3.85. The van der Waals surface area contributed by atoms with Crippen LogP contribution in [0.2, 0.25) is 0 Å². The lowest BCUT2D eigenvalue weighted by molar-refractivity contribution is -0.159. The summed E-state index contributed by atoms with van der Waals surface area (Å²) in [6.45, 7) is 18.7. The Morgan fingerprint density at radius 3 is 1.46 bits per heavy atom. The van der Waals surface area contributed by atoms with Gasteiger partial charge in [-0.2, -0.15) is 30.0 Å². The Balaban J connectivity index is 0.000000210. The molecule has 0 aliphatic carbocycles. The zero-order valence-electron chi connectivity index (χ0n) is 43.5. The van der Waals surface area contributed by atoms with E-state index in [-0.39, 0.29) is 73.3 Å². The van der Waals surface area contributed by atoms with Crippen molar-refractivity contribution in [3.05, 3.63) is 71.3 Å². The quantitative estimate of drug-likeness (QED) is 0.110. The molecule has 3 aliphatic rings. The molecule has 23 nitrogen and oxygen atoms in total. The van der Waals surface area contributed by atoms with Crippen molar-refractivity contribution in [3.63, 3.8) is 0 Å². The van der Waals surface area contributed by atoms with E-state index >= 15 is 0 Å². The molecule has 6 atom stereocenters. The van der Waals surface area contributed by atoms with Gasteiger partial charge in [0.15, 0.2) is 0 Å². The number of benzene rings is 2. The largest absolute Gasteiger partial charge is 0.497 e. The van der Waals surface area contributed by atoms with Crippen LogP contribution < -0.4 is 34.9 Å². The molecule has 2 aromatic carbocycles. The number of carbonyl (C=O) groups excluding carboxylic acids is 5. The van der Waals surface area contributed by atoms with Crippen molar-refractivity contribution in [3.8, 4) is 23.0 Å². The predicted molar refractivity (Wildman–Crippen MR) is 260 cm³/mol. The Kier molecular flexibility index (Phi) is 18.8. The highest BCUT2D eigenvalue weighted by Gasteiger charge is 2.45. The van der Waals surface area contributed by atoms with Crippen LogP contribution in [0.15, 0.2) is 48.8 Å². The molecule has 0 unspecified atom stereocenters. The average molecular weight is 1010 g/mol. The molecule has 394 valence electrons. The van der Waals surface area contributed by atoms with Gasteiger partial charge in [0.2, 0.25) is 17.7 Å². The van der Waals surface area contributed by atoms with Crippen LogP contribution >= 0.6 is 0 Å². The van der Waals surface area contributed by atoms with Crippen molar-refractivity contribution in [1.29, 1.82) is 0 Å². The SMILES string of the molecule is COc1ccc(CN2C(=O)[C@@H](C)[C@H]2CO)c(OC)c1.COc1ccc(CN2C(=O)[C@@H](C)[C@H]2Cn2ncc(CNC(=O)OC(C)(C)C)n2)c(OC)c1.C[C@@H]1C(=O)N[C@@H]1Cn1ncc(CNC(=O)OC(C)(C)C)n1. The third kappa shape index (κ3) is 14.9. The van der Waals surface area contributed by atoms with Gasteiger partial charge in [-0.3, -0.25) is 14.4 Å². The molecular formula is C49H71N11O12. The highest BCUT2D eigenvalue weighted by atomic mass is 16.6. The van der Waals surface area contributed by atoms with E-state index in [9.17, 15) is 29.1 Å². The number of carbonyl (C=O) groups is 5. The second-order valence-electron chi connectivity index (χ2n) is 19.6. The Bertz CT molecular complexity index is 2500. The first-order valence-electron chi connectivity index (χ1n) is 23.6. The fraction of sp³-hybridized carbons (Fsp3) is 0.571. The summed E-state index contributed by atoms with van der Waals surface area (Å²) in [5, 5.41) is 34.4. The minimum absolute atomic E-state index is 0.00855. The summed E-state index contributed by atoms with van der Waals surface area (Å²) in [5.41, 5.74) is 1.96. The number of hydrogen-bond acceptors (Lipinski definition) is 16. The number of aromatic nitrogens is 6. The van der Waals surface area contributed by atoms with Gasteiger partial charge in [-0.05, 0) is 65.8 Å². The summed E-state index contributed by atoms with van der Waals surface area (Å²) in [6, 6.07) is 11.0. The highest BCUT2D eigenvalue weighted by molar-refractivity contribution is 5.86. The van der Waals surface area contributed by atoms with Crippen molar-refractivity contribution in [1.82, 2.24) is 55.7 Å². The minimum Gasteiger partial charge on any atom is -0.497 e. The molecule has 4 aromatic rings. The number of likely N-dealkylation sites (tertiary alicyclic amines) is 2. The summed E-state index contributed by atoms with van der Waals surface area (Å²) in [7, 11) is 6.37. The Labute approximate surface area is 420 Å². The van der Waals surface area contributed by atoms with Gasteiger partial charge in [0.05, 0.1) is 109 Å². The van der Waals surface area contributed by atoms with Crippen LogP contribution in [0.3, 0.4) is 0 Å². The van der Waals surface area contributed by atoms with Crippen molar-refractivity contribution in [2.45, 2.75) is 131 Å². The lowest BCUT2D eigenvalue weighted by Crippen LogP contribution is -2.60. The number of nitrogens with one attached hydrogen (secondary N) is 3. The van der Waals surface area contributed by atoms with Crippen LogP contribution in [0.25, 0.3) is 0 Å². The van der Waals surface area contributed by atoms with Crippen LogP contribution in [0, 0.1) is 17.8 Å². The molecule has 0 bridgehead atoms. The minimum atomic E-state index is -0.565. The monoisotopic (exact) mass is 1010 g/mol. The van der Waals surface area contributed by atoms with Gasteiger partial charge in [0, 0.05) is 36.3 Å². The van der Waals surface area contributed by atoms with Crippen LogP contribution in [0.1, 0.15) is 84.8 Å². The maximum absolute atomic E-state index is 12.5. The van der Waals surface area contributed by atoms with E-state index in [1.54, 1.807) is 109 Å². The van der Waals surface area contributed by atoms with Crippen molar-refractivity contribution in [2.75, 3.05) is 35.0 Å². The first-order valence-corrected chi connectivity index (χ1v) is 23.6. The smallest absolute Gasteiger partial charge is 0.407 e. The number of aliphatic hydroxyl groups is 1. The lowest BCUT2D eigenvalue weighted by Gasteiger charge is -2.45. The van der Waals surface area contributed by atoms with E-state index in [0.717, 1.165) is 11.1 Å². The summed E-state index contributed by atoms with van der Waals surface area (Å²) in [6.07, 6.45) is 2.18. The molecule has 5 amide bonds. The Morgan fingerprint density at radius 1 is 0.639 bits per heavy atom. The molecule has 3 saturated heterocycles. The third-order valence-corrected chi connectivity index (χ3v) is 12.0. The van der Waals surface area contributed by atoms with Crippen LogP contribution in [0.5, 0.6) is 23.0 Å². The van der Waals surface area contributed by atoms with Crippen molar-refractivity contribution >= 4 is 29.9 Å². The maximum Gasteiger partial charge on any atom is 0.407 e. The van der Waals surface area contributed by atoms with E-state index in [2.05, 4.69) is 36.3 Å². The van der Waals surface area contributed by atoms with E-state index in [4.69, 9.17) is 28.4 Å². The fourth-order valence-electron chi connectivity index (χ4n) is 7.82. The number of alkyl carbamates (subject to hydrolysis) is 2. The number of amides is 5. The molecular weight excluding hydrogens is 935 g/mol. The molecule has 4 N–H and O–H groups in total. The normalized spacial score (nSPS) is 20.2. The average Bonchev–Trinajstić information content (AvgIpc) is 4.01. The second-order valence-corrected chi connectivity index (χ2v) is 19.6. The van der Waals surface area contributed by atoms with Crippen LogP contribution in [-0.4, -0.2) is 139 Å². The zero-order valence-corrected chi connectivity index (χ0v) is 43.5.